The van der Waals surface area contributed by atoms with Gasteiger partial charge in [0.05, 0.1) is 31.4 Å². The molecule has 0 fully saturated rings. The number of nitrogens with two attached hydrogens (primary N) is 2. The molecule has 2 unspecified atom stereocenters. The molecule has 0 aromatic heterocycles. The van der Waals surface area contributed by atoms with Crippen molar-refractivity contribution in [3.05, 3.63) is 47.5 Å². The molecular formula is C20H34N4O3S2. The Morgan fingerprint density at radius 2 is 1.03 bits per heavy atom. The normalized spacial score (nSPS) is 12.7. The van der Waals surface area contributed by atoms with Crippen LogP contribution < -0.4 is 11.5 Å². The van der Waals surface area contributed by atoms with Gasteiger partial charge in [0.1, 0.15) is 0 Å². The van der Waals surface area contributed by atoms with Crippen LogP contribution in [0.2, 0.25) is 0 Å². The van der Waals surface area contributed by atoms with E-state index in [-0.39, 0.29) is 5.48 Å². The number of benzene rings is 2. The summed E-state index contributed by atoms with van der Waals surface area (Å²) in [5.74, 6) is 0. The fraction of sp³-hybridized carbons (Fsp3) is 0.400. The van der Waals surface area contributed by atoms with Gasteiger partial charge in [0.25, 0.3) is 0 Å². The van der Waals surface area contributed by atoms with Crippen molar-refractivity contribution in [2.24, 2.45) is 0 Å². The lowest BCUT2D eigenvalue weighted by Crippen LogP contribution is -2.11. The van der Waals surface area contributed by atoms with Crippen molar-refractivity contribution in [1.82, 2.24) is 9.80 Å². The molecule has 29 heavy (non-hydrogen) atoms. The van der Waals surface area contributed by atoms with Crippen LogP contribution in [0, 0.1) is 0 Å². The Labute approximate surface area is 179 Å². The molecule has 2 rings (SSSR count). The van der Waals surface area contributed by atoms with E-state index < -0.39 is 21.6 Å². The average Bonchev–Trinajstić information content (AvgIpc) is 2.53. The van der Waals surface area contributed by atoms with Crippen molar-refractivity contribution in [2.45, 2.75) is 22.9 Å². The zero-order chi connectivity index (χ0) is 21.4. The SMILES string of the molecule is CN(C)Cc1ccc(S(C)=O)c(N)c1.CN(C)Cc1ccc(S(C)=O)c(N)c1.O. The first-order valence-electron chi connectivity index (χ1n) is 8.74. The number of nitrogens with zero attached hydrogens (tertiary/aromatic N) is 2. The molecule has 0 saturated heterocycles. The van der Waals surface area contributed by atoms with Gasteiger partial charge in [0.2, 0.25) is 0 Å². The predicted octanol–water partition coefficient (Wildman–Crippen LogP) is 1.31. The van der Waals surface area contributed by atoms with Gasteiger partial charge in [-0.2, -0.15) is 0 Å². The number of hydrogen-bond acceptors (Lipinski definition) is 6. The molecule has 0 spiro atoms. The summed E-state index contributed by atoms with van der Waals surface area (Å²) in [7, 11) is 6.01. The predicted molar refractivity (Wildman–Crippen MR) is 125 cm³/mol. The van der Waals surface area contributed by atoms with E-state index in [1.165, 1.54) is 0 Å². The van der Waals surface area contributed by atoms with Gasteiger partial charge in [-0.3, -0.25) is 8.42 Å². The van der Waals surface area contributed by atoms with Crippen LogP contribution in [0.15, 0.2) is 46.2 Å². The first kappa shape index (κ1) is 27.2. The number of nitrogen functional groups attached to an aromatic ring is 2. The summed E-state index contributed by atoms with van der Waals surface area (Å²) in [6.07, 6.45) is 3.27. The molecule has 2 atom stereocenters. The van der Waals surface area contributed by atoms with Crippen molar-refractivity contribution < 1.29 is 13.9 Å². The maximum absolute atomic E-state index is 11.2. The summed E-state index contributed by atoms with van der Waals surface area (Å²) in [5.41, 5.74) is 15.1. The largest absolute Gasteiger partial charge is 0.412 e. The fourth-order valence-corrected chi connectivity index (χ4v) is 3.95. The Balaban J connectivity index is 0.000000523. The van der Waals surface area contributed by atoms with Crippen molar-refractivity contribution in [3.63, 3.8) is 0 Å². The fourth-order valence-electron chi connectivity index (χ4n) is 2.65. The lowest BCUT2D eigenvalue weighted by molar-refractivity contribution is 0.402. The van der Waals surface area contributed by atoms with Crippen LogP contribution in [0.4, 0.5) is 11.4 Å². The highest BCUT2D eigenvalue weighted by Crippen LogP contribution is 2.18. The molecule has 164 valence electrons. The molecular weight excluding hydrogens is 408 g/mol. The monoisotopic (exact) mass is 442 g/mol. The van der Waals surface area contributed by atoms with Gasteiger partial charge in [-0.1, -0.05) is 12.1 Å². The Morgan fingerprint density at radius 3 is 1.24 bits per heavy atom. The van der Waals surface area contributed by atoms with E-state index >= 15 is 0 Å². The van der Waals surface area contributed by atoms with Crippen LogP contribution in [0.25, 0.3) is 0 Å². The minimum atomic E-state index is -1.00. The third kappa shape index (κ3) is 9.51. The van der Waals surface area contributed by atoms with Crippen molar-refractivity contribution >= 4 is 33.0 Å². The quantitative estimate of drug-likeness (QED) is 0.650. The van der Waals surface area contributed by atoms with E-state index in [4.69, 9.17) is 11.5 Å². The van der Waals surface area contributed by atoms with Crippen LogP contribution in [-0.4, -0.2) is 64.4 Å². The smallest absolute Gasteiger partial charge is 0.0614 e. The van der Waals surface area contributed by atoms with E-state index in [2.05, 4.69) is 9.80 Å². The van der Waals surface area contributed by atoms with Crippen LogP contribution in [0.1, 0.15) is 11.1 Å². The molecule has 0 aliphatic rings. The summed E-state index contributed by atoms with van der Waals surface area (Å²) in [4.78, 5) is 5.56. The summed E-state index contributed by atoms with van der Waals surface area (Å²) in [6.45, 7) is 1.70. The molecule has 6 N–H and O–H groups in total. The first-order chi connectivity index (χ1) is 13.0. The summed E-state index contributed by atoms with van der Waals surface area (Å²) < 4.78 is 22.4. The average molecular weight is 443 g/mol. The highest BCUT2D eigenvalue weighted by Gasteiger charge is 2.05. The summed E-state index contributed by atoms with van der Waals surface area (Å²) >= 11 is 0. The third-order valence-corrected chi connectivity index (χ3v) is 5.75. The van der Waals surface area contributed by atoms with Crippen molar-refractivity contribution in [3.8, 4) is 0 Å². The van der Waals surface area contributed by atoms with Gasteiger partial charge in [-0.05, 0) is 63.6 Å². The molecule has 0 aliphatic heterocycles. The van der Waals surface area contributed by atoms with Gasteiger partial charge >= 0.3 is 0 Å². The van der Waals surface area contributed by atoms with E-state index in [0.29, 0.717) is 21.2 Å². The molecule has 9 heteroatoms. The second kappa shape index (κ2) is 12.7. The molecule has 2 aromatic rings. The molecule has 2 aromatic carbocycles. The Morgan fingerprint density at radius 1 is 0.724 bits per heavy atom. The Kier molecular flexibility index (Phi) is 11.9. The maximum Gasteiger partial charge on any atom is 0.0614 e. The third-order valence-electron chi connectivity index (χ3n) is 3.77. The van der Waals surface area contributed by atoms with E-state index in [1.807, 2.05) is 64.6 Å². The molecule has 0 heterocycles. The molecule has 0 radical (unpaired) electrons. The molecule has 0 saturated carbocycles. The van der Waals surface area contributed by atoms with Gasteiger partial charge < -0.3 is 26.7 Å². The molecule has 0 aliphatic carbocycles. The first-order valence-corrected chi connectivity index (χ1v) is 11.9. The topological polar surface area (TPSA) is 124 Å². The second-order valence-electron chi connectivity index (χ2n) is 7.13. The highest BCUT2D eigenvalue weighted by molar-refractivity contribution is 7.84. The van der Waals surface area contributed by atoms with Gasteiger partial charge in [0, 0.05) is 37.0 Å². The van der Waals surface area contributed by atoms with Gasteiger partial charge in [-0.25, -0.2) is 0 Å². The Bertz CT molecular complexity index is 773. The summed E-state index contributed by atoms with van der Waals surface area (Å²) in [6, 6.07) is 11.4. The maximum atomic E-state index is 11.2. The highest BCUT2D eigenvalue weighted by atomic mass is 32.2. The van der Waals surface area contributed by atoms with Crippen LogP contribution >= 0.6 is 0 Å². The minimum Gasteiger partial charge on any atom is -0.412 e. The molecule has 7 nitrogen and oxygen atoms in total. The number of rotatable bonds is 6. The van der Waals surface area contributed by atoms with Crippen LogP contribution in [0.3, 0.4) is 0 Å². The lowest BCUT2D eigenvalue weighted by Gasteiger charge is -2.11. The lowest BCUT2D eigenvalue weighted by atomic mass is 10.2. The second-order valence-corrected chi connectivity index (χ2v) is 9.82. The van der Waals surface area contributed by atoms with Crippen LogP contribution in [0.5, 0.6) is 0 Å². The number of anilines is 2. The zero-order valence-electron chi connectivity index (χ0n) is 18.1. The van der Waals surface area contributed by atoms with E-state index in [9.17, 15) is 8.42 Å². The zero-order valence-corrected chi connectivity index (χ0v) is 19.7. The minimum absolute atomic E-state index is 0. The number of hydrogen-bond donors (Lipinski definition) is 2. The molecule has 0 bridgehead atoms. The van der Waals surface area contributed by atoms with Crippen molar-refractivity contribution in [1.29, 1.82) is 0 Å². The summed E-state index contributed by atoms with van der Waals surface area (Å²) in [5, 5.41) is 0. The van der Waals surface area contributed by atoms with Gasteiger partial charge in [0.15, 0.2) is 0 Å². The van der Waals surface area contributed by atoms with Crippen molar-refractivity contribution in [2.75, 3.05) is 52.2 Å². The molecule has 0 amide bonds. The van der Waals surface area contributed by atoms with E-state index in [0.717, 1.165) is 24.2 Å². The van der Waals surface area contributed by atoms with E-state index in [1.54, 1.807) is 12.5 Å². The Hall–Kier alpha value is -1.78. The van der Waals surface area contributed by atoms with Gasteiger partial charge in [-0.15, -0.1) is 0 Å². The van der Waals surface area contributed by atoms with Crippen LogP contribution in [-0.2, 0) is 34.7 Å². The standard InChI is InChI=1S/2C10H16N2OS.H2O/c2*1-12(2)7-8-4-5-10(14(3)13)9(11)6-8;/h2*4-6H,7,11H2,1-3H3;1H2.